The van der Waals surface area contributed by atoms with Crippen molar-refractivity contribution in [3.8, 4) is 50.2 Å². The Morgan fingerprint density at radius 1 is 0.267 bits per heavy atom. The smallest absolute Gasteiger partial charge is 0.0562 e. The maximum absolute atomic E-state index is 2.46. The molecule has 2 nitrogen and oxygen atoms in total. The summed E-state index contributed by atoms with van der Waals surface area (Å²) >= 11 is 0. The lowest BCUT2D eigenvalue weighted by Crippen LogP contribution is -2.10. The summed E-state index contributed by atoms with van der Waals surface area (Å²) in [7, 11) is 0. The van der Waals surface area contributed by atoms with Gasteiger partial charge in [-0.2, -0.15) is 0 Å². The first kappa shape index (κ1) is 35.2. The molecule has 0 bridgehead atoms. The monoisotopic (exact) mass is 764 g/mol. The molecule has 11 rings (SSSR count). The second-order valence-electron chi connectivity index (χ2n) is 15.3. The van der Waals surface area contributed by atoms with Crippen molar-refractivity contribution in [2.75, 3.05) is 4.90 Å². The van der Waals surface area contributed by atoms with Crippen molar-refractivity contribution in [3.63, 3.8) is 0 Å². The molecular weight excluding hydrogens is 725 g/mol. The normalized spacial score (nSPS) is 11.3. The first-order chi connectivity index (χ1) is 29.8. The molecular formula is C58H40N2. The van der Waals surface area contributed by atoms with Crippen molar-refractivity contribution < 1.29 is 0 Å². The van der Waals surface area contributed by atoms with E-state index in [-0.39, 0.29) is 0 Å². The van der Waals surface area contributed by atoms with Crippen LogP contribution in [0.3, 0.4) is 0 Å². The highest BCUT2D eigenvalue weighted by Crippen LogP contribution is 2.44. The van der Waals surface area contributed by atoms with Gasteiger partial charge in [-0.15, -0.1) is 0 Å². The number of rotatable bonds is 8. The first-order valence-electron chi connectivity index (χ1n) is 20.6. The molecule has 282 valence electrons. The molecule has 60 heavy (non-hydrogen) atoms. The van der Waals surface area contributed by atoms with Gasteiger partial charge in [-0.05, 0) is 104 Å². The fourth-order valence-corrected chi connectivity index (χ4v) is 9.00. The average Bonchev–Trinajstić information content (AvgIpc) is 3.66. The Hall–Kier alpha value is -7.94. The third-order valence-corrected chi connectivity index (χ3v) is 11.8. The molecule has 0 saturated carbocycles. The quantitative estimate of drug-likeness (QED) is 0.150. The van der Waals surface area contributed by atoms with E-state index in [4.69, 9.17) is 0 Å². The number of benzene rings is 10. The molecule has 0 fully saturated rings. The Morgan fingerprint density at radius 3 is 1.60 bits per heavy atom. The standard InChI is InChI=1S/C58H40N2/c1-4-19-42(20-5-1)49-26-12-13-27-51(49)52-28-14-16-30-56(52)60-57-31-17-15-29-53(57)54-37-35-48(40-58(54)60)59(46-24-8-3-9-25-46)47-34-36-50(55(39-47)43-21-6-2-7-22-43)45-33-32-41-18-10-11-23-44(41)38-45/h1-40H. The number of hydrogen-bond donors (Lipinski definition) is 0. The molecule has 0 spiro atoms. The second kappa shape index (κ2) is 15.1. The maximum Gasteiger partial charge on any atom is 0.0562 e. The predicted octanol–water partition coefficient (Wildman–Crippen LogP) is 16.1. The third kappa shape index (κ3) is 6.23. The van der Waals surface area contributed by atoms with Gasteiger partial charge >= 0.3 is 0 Å². The lowest BCUT2D eigenvalue weighted by molar-refractivity contribution is 1.18. The van der Waals surface area contributed by atoms with Gasteiger partial charge in [0.1, 0.15) is 0 Å². The predicted molar refractivity (Wildman–Crippen MR) is 255 cm³/mol. The van der Waals surface area contributed by atoms with E-state index in [2.05, 4.69) is 252 Å². The van der Waals surface area contributed by atoms with Crippen LogP contribution in [0.4, 0.5) is 17.1 Å². The molecule has 0 saturated heterocycles. The van der Waals surface area contributed by atoms with Crippen LogP contribution in [0.1, 0.15) is 0 Å². The van der Waals surface area contributed by atoms with Crippen LogP contribution in [0, 0.1) is 0 Å². The van der Waals surface area contributed by atoms with Crippen LogP contribution in [0.2, 0.25) is 0 Å². The Labute approximate surface area is 350 Å². The highest BCUT2D eigenvalue weighted by Gasteiger charge is 2.21. The Morgan fingerprint density at radius 2 is 0.817 bits per heavy atom. The highest BCUT2D eigenvalue weighted by molar-refractivity contribution is 6.11. The van der Waals surface area contributed by atoms with E-state index in [1.807, 2.05) is 0 Å². The molecule has 2 heteroatoms. The lowest BCUT2D eigenvalue weighted by Gasteiger charge is -2.27. The zero-order valence-electron chi connectivity index (χ0n) is 33.0. The van der Waals surface area contributed by atoms with E-state index < -0.39 is 0 Å². The SMILES string of the molecule is c1ccc(-c2cc(N(c3ccccc3)c3ccc4c5ccccc5n(-c5ccccc5-c5ccccc5-c5ccccc5)c4c3)ccc2-c2ccc3ccccc3c2)cc1. The minimum Gasteiger partial charge on any atom is -0.310 e. The van der Waals surface area contributed by atoms with Crippen LogP contribution in [0.25, 0.3) is 82.8 Å². The summed E-state index contributed by atoms with van der Waals surface area (Å²) in [5, 5.41) is 4.91. The molecule has 1 aromatic heterocycles. The van der Waals surface area contributed by atoms with Gasteiger partial charge in [-0.3, -0.25) is 0 Å². The lowest BCUT2D eigenvalue weighted by atomic mass is 9.92. The van der Waals surface area contributed by atoms with E-state index in [9.17, 15) is 0 Å². The van der Waals surface area contributed by atoms with Gasteiger partial charge in [0.05, 0.1) is 16.7 Å². The molecule has 10 aromatic carbocycles. The van der Waals surface area contributed by atoms with Crippen LogP contribution in [-0.4, -0.2) is 4.57 Å². The molecule has 0 amide bonds. The molecule has 0 radical (unpaired) electrons. The van der Waals surface area contributed by atoms with Gasteiger partial charge in [0.25, 0.3) is 0 Å². The van der Waals surface area contributed by atoms with Crippen LogP contribution in [-0.2, 0) is 0 Å². The summed E-state index contributed by atoms with van der Waals surface area (Å²) in [5.41, 5.74) is 16.3. The molecule has 0 aliphatic carbocycles. The zero-order valence-corrected chi connectivity index (χ0v) is 33.0. The van der Waals surface area contributed by atoms with Crippen LogP contribution < -0.4 is 4.90 Å². The Bertz CT molecular complexity index is 3310. The summed E-state index contributed by atoms with van der Waals surface area (Å²) in [6, 6.07) is 87.9. The van der Waals surface area contributed by atoms with Gasteiger partial charge in [-0.1, -0.05) is 188 Å². The summed E-state index contributed by atoms with van der Waals surface area (Å²) in [4.78, 5) is 2.40. The van der Waals surface area contributed by atoms with E-state index in [1.165, 1.54) is 71.6 Å². The molecule has 0 atom stereocenters. The van der Waals surface area contributed by atoms with E-state index in [0.29, 0.717) is 0 Å². The highest BCUT2D eigenvalue weighted by atomic mass is 15.1. The number of aromatic nitrogens is 1. The molecule has 0 N–H and O–H groups in total. The van der Waals surface area contributed by atoms with Crippen molar-refractivity contribution in [2.45, 2.75) is 0 Å². The van der Waals surface area contributed by atoms with Crippen LogP contribution in [0.15, 0.2) is 243 Å². The number of para-hydroxylation sites is 3. The van der Waals surface area contributed by atoms with Gasteiger partial charge in [0.15, 0.2) is 0 Å². The molecule has 0 unspecified atom stereocenters. The van der Waals surface area contributed by atoms with Gasteiger partial charge in [0, 0.05) is 33.4 Å². The van der Waals surface area contributed by atoms with Crippen molar-refractivity contribution in [3.05, 3.63) is 243 Å². The maximum atomic E-state index is 2.46. The molecule has 0 aliphatic heterocycles. The van der Waals surface area contributed by atoms with Crippen molar-refractivity contribution >= 4 is 49.6 Å². The van der Waals surface area contributed by atoms with Gasteiger partial charge < -0.3 is 9.47 Å². The average molecular weight is 765 g/mol. The van der Waals surface area contributed by atoms with Crippen LogP contribution in [0.5, 0.6) is 0 Å². The summed E-state index contributed by atoms with van der Waals surface area (Å²) < 4.78 is 2.46. The summed E-state index contributed by atoms with van der Waals surface area (Å²) in [5.74, 6) is 0. The third-order valence-electron chi connectivity index (χ3n) is 11.8. The van der Waals surface area contributed by atoms with Crippen LogP contribution >= 0.6 is 0 Å². The summed E-state index contributed by atoms with van der Waals surface area (Å²) in [6.45, 7) is 0. The van der Waals surface area contributed by atoms with Crippen molar-refractivity contribution in [1.29, 1.82) is 0 Å². The fourth-order valence-electron chi connectivity index (χ4n) is 9.00. The Balaban J connectivity index is 1.13. The number of hydrogen-bond acceptors (Lipinski definition) is 1. The van der Waals surface area contributed by atoms with Crippen molar-refractivity contribution in [1.82, 2.24) is 4.57 Å². The number of anilines is 3. The Kier molecular flexibility index (Phi) is 8.87. The number of fused-ring (bicyclic) bond motifs is 4. The molecule has 1 heterocycles. The number of nitrogens with zero attached hydrogens (tertiary/aromatic N) is 2. The van der Waals surface area contributed by atoms with E-state index in [1.54, 1.807) is 0 Å². The zero-order chi connectivity index (χ0) is 39.8. The topological polar surface area (TPSA) is 8.17 Å². The van der Waals surface area contributed by atoms with Gasteiger partial charge in [0.2, 0.25) is 0 Å². The minimum atomic E-state index is 1.08. The van der Waals surface area contributed by atoms with Crippen molar-refractivity contribution in [2.24, 2.45) is 0 Å². The largest absolute Gasteiger partial charge is 0.310 e. The van der Waals surface area contributed by atoms with E-state index in [0.717, 1.165) is 28.3 Å². The second-order valence-corrected chi connectivity index (χ2v) is 15.3. The molecule has 0 aliphatic rings. The molecule has 11 aromatic rings. The van der Waals surface area contributed by atoms with Gasteiger partial charge in [-0.25, -0.2) is 0 Å². The fraction of sp³-hybridized carbons (Fsp3) is 0. The summed E-state index contributed by atoms with van der Waals surface area (Å²) in [6.07, 6.45) is 0. The first-order valence-corrected chi connectivity index (χ1v) is 20.6. The van der Waals surface area contributed by atoms with E-state index >= 15 is 0 Å². The minimum absolute atomic E-state index is 1.08.